The van der Waals surface area contributed by atoms with Gasteiger partial charge in [-0.1, -0.05) is 13.0 Å². The minimum absolute atomic E-state index is 0.788. The third-order valence-electron chi connectivity index (χ3n) is 2.94. The molecule has 1 fully saturated rings. The lowest BCUT2D eigenvalue weighted by atomic mass is 10.1. The Kier molecular flexibility index (Phi) is 2.62. The summed E-state index contributed by atoms with van der Waals surface area (Å²) in [7, 11) is 0. The molecular formula is C12H18N2. The van der Waals surface area contributed by atoms with Gasteiger partial charge in [0.15, 0.2) is 0 Å². The van der Waals surface area contributed by atoms with E-state index >= 15 is 0 Å². The molecule has 0 amide bonds. The summed E-state index contributed by atoms with van der Waals surface area (Å²) < 4.78 is 0. The number of benzene rings is 1. The van der Waals surface area contributed by atoms with E-state index in [1.165, 1.54) is 12.8 Å². The van der Waals surface area contributed by atoms with Gasteiger partial charge in [0.1, 0.15) is 0 Å². The first-order chi connectivity index (χ1) is 6.75. The van der Waals surface area contributed by atoms with Crippen molar-refractivity contribution in [2.45, 2.75) is 19.8 Å². The lowest BCUT2D eigenvalue weighted by molar-refractivity contribution is 0.536. The maximum absolute atomic E-state index is 5.70. The van der Waals surface area contributed by atoms with E-state index < -0.39 is 0 Å². The molecule has 1 aromatic carbocycles. The summed E-state index contributed by atoms with van der Waals surface area (Å²) in [5.74, 6) is 1.75. The Morgan fingerprint density at radius 3 is 2.93 bits per heavy atom. The van der Waals surface area contributed by atoms with E-state index in [-0.39, 0.29) is 0 Å². The molecule has 14 heavy (non-hydrogen) atoms. The van der Waals surface area contributed by atoms with Gasteiger partial charge >= 0.3 is 0 Å². The van der Waals surface area contributed by atoms with Crippen molar-refractivity contribution >= 4 is 11.4 Å². The van der Waals surface area contributed by atoms with Crippen molar-refractivity contribution in [3.8, 4) is 0 Å². The van der Waals surface area contributed by atoms with E-state index in [1.54, 1.807) is 0 Å². The van der Waals surface area contributed by atoms with Crippen LogP contribution in [0.3, 0.4) is 0 Å². The Labute approximate surface area is 85.5 Å². The van der Waals surface area contributed by atoms with E-state index in [2.05, 4.69) is 18.3 Å². The number of hydrogen-bond acceptors (Lipinski definition) is 2. The second-order valence-corrected chi connectivity index (χ2v) is 4.32. The molecule has 0 saturated heterocycles. The van der Waals surface area contributed by atoms with Crippen molar-refractivity contribution in [3.63, 3.8) is 0 Å². The summed E-state index contributed by atoms with van der Waals surface area (Å²) in [6, 6.07) is 7.95. The molecule has 1 aromatic rings. The topological polar surface area (TPSA) is 38.0 Å². The number of anilines is 2. The summed E-state index contributed by atoms with van der Waals surface area (Å²) in [5.41, 5.74) is 7.66. The molecule has 3 N–H and O–H groups in total. The van der Waals surface area contributed by atoms with Crippen molar-refractivity contribution < 1.29 is 0 Å². The van der Waals surface area contributed by atoms with Gasteiger partial charge in [-0.05, 0) is 42.9 Å². The van der Waals surface area contributed by atoms with Crippen LogP contribution >= 0.6 is 0 Å². The molecule has 0 aliphatic heterocycles. The molecular weight excluding hydrogens is 172 g/mol. The molecule has 2 nitrogen and oxygen atoms in total. The number of nitrogens with two attached hydrogens (primary N) is 1. The third-order valence-corrected chi connectivity index (χ3v) is 2.94. The fraction of sp³-hybridized carbons (Fsp3) is 0.500. The van der Waals surface area contributed by atoms with Gasteiger partial charge in [0.2, 0.25) is 0 Å². The molecule has 0 spiro atoms. The van der Waals surface area contributed by atoms with Crippen molar-refractivity contribution in [1.82, 2.24) is 0 Å². The van der Waals surface area contributed by atoms with Crippen molar-refractivity contribution in [2.24, 2.45) is 11.8 Å². The summed E-state index contributed by atoms with van der Waals surface area (Å²) in [6.45, 7) is 3.38. The first-order valence-electron chi connectivity index (χ1n) is 5.35. The van der Waals surface area contributed by atoms with Crippen LogP contribution in [0, 0.1) is 11.8 Å². The SMILES string of the molecule is CC(CNc1cccc(N)c1)C1CC1. The molecule has 1 unspecified atom stereocenters. The van der Waals surface area contributed by atoms with Crippen LogP contribution in [0.1, 0.15) is 19.8 Å². The summed E-state index contributed by atoms with van der Waals surface area (Å²) >= 11 is 0. The number of nitrogen functional groups attached to an aromatic ring is 1. The van der Waals surface area contributed by atoms with Crippen LogP contribution in [-0.4, -0.2) is 6.54 Å². The zero-order valence-electron chi connectivity index (χ0n) is 8.66. The monoisotopic (exact) mass is 190 g/mol. The standard InChI is InChI=1S/C12H18N2/c1-9(10-5-6-10)8-14-12-4-2-3-11(13)7-12/h2-4,7,9-10,14H,5-6,8,13H2,1H3. The fourth-order valence-electron chi connectivity index (χ4n) is 1.76. The van der Waals surface area contributed by atoms with Gasteiger partial charge in [-0.2, -0.15) is 0 Å². The molecule has 0 aromatic heterocycles. The van der Waals surface area contributed by atoms with Gasteiger partial charge in [0, 0.05) is 17.9 Å². The van der Waals surface area contributed by atoms with Crippen LogP contribution in [0.15, 0.2) is 24.3 Å². The average Bonchev–Trinajstić information content (AvgIpc) is 2.97. The van der Waals surface area contributed by atoms with Gasteiger partial charge < -0.3 is 11.1 Å². The van der Waals surface area contributed by atoms with Crippen LogP contribution in [0.2, 0.25) is 0 Å². The van der Waals surface area contributed by atoms with Crippen molar-refractivity contribution in [3.05, 3.63) is 24.3 Å². The quantitative estimate of drug-likeness (QED) is 0.716. The zero-order chi connectivity index (χ0) is 9.97. The highest BCUT2D eigenvalue weighted by molar-refractivity contribution is 5.54. The van der Waals surface area contributed by atoms with Crippen LogP contribution in [0.4, 0.5) is 11.4 Å². The lowest BCUT2D eigenvalue weighted by Crippen LogP contribution is -2.12. The molecule has 0 radical (unpaired) electrons. The van der Waals surface area contributed by atoms with Crippen molar-refractivity contribution in [1.29, 1.82) is 0 Å². The van der Waals surface area contributed by atoms with Crippen LogP contribution < -0.4 is 11.1 Å². The Morgan fingerprint density at radius 1 is 1.50 bits per heavy atom. The summed E-state index contributed by atoms with van der Waals surface area (Å²) in [4.78, 5) is 0. The Bertz CT molecular complexity index is 305. The number of hydrogen-bond donors (Lipinski definition) is 2. The molecule has 0 bridgehead atoms. The van der Waals surface area contributed by atoms with Crippen molar-refractivity contribution in [2.75, 3.05) is 17.6 Å². The predicted molar refractivity (Wildman–Crippen MR) is 61.2 cm³/mol. The summed E-state index contributed by atoms with van der Waals surface area (Å²) in [6.07, 6.45) is 2.83. The van der Waals surface area contributed by atoms with Crippen LogP contribution in [-0.2, 0) is 0 Å². The van der Waals surface area contributed by atoms with Gasteiger partial charge in [-0.15, -0.1) is 0 Å². The average molecular weight is 190 g/mol. The molecule has 76 valence electrons. The first kappa shape index (κ1) is 9.38. The molecule has 1 aliphatic rings. The van der Waals surface area contributed by atoms with Crippen LogP contribution in [0.5, 0.6) is 0 Å². The highest BCUT2D eigenvalue weighted by Gasteiger charge is 2.27. The smallest absolute Gasteiger partial charge is 0.0360 e. The second-order valence-electron chi connectivity index (χ2n) is 4.32. The van der Waals surface area contributed by atoms with Gasteiger partial charge in [0.05, 0.1) is 0 Å². The molecule has 1 saturated carbocycles. The maximum atomic E-state index is 5.70. The van der Waals surface area contributed by atoms with Crippen LogP contribution in [0.25, 0.3) is 0 Å². The first-order valence-corrected chi connectivity index (χ1v) is 5.35. The molecule has 0 heterocycles. The van der Waals surface area contributed by atoms with Gasteiger partial charge in [-0.3, -0.25) is 0 Å². The van der Waals surface area contributed by atoms with E-state index in [0.29, 0.717) is 0 Å². The molecule has 2 rings (SSSR count). The second kappa shape index (κ2) is 3.91. The Hall–Kier alpha value is -1.18. The highest BCUT2D eigenvalue weighted by Crippen LogP contribution is 2.36. The van der Waals surface area contributed by atoms with E-state index in [1.807, 2.05) is 18.2 Å². The normalized spacial score (nSPS) is 17.8. The number of nitrogens with one attached hydrogen (secondary N) is 1. The minimum atomic E-state index is 0.788. The molecule has 1 aliphatic carbocycles. The molecule has 2 heteroatoms. The fourth-order valence-corrected chi connectivity index (χ4v) is 1.76. The Balaban J connectivity index is 1.84. The highest BCUT2D eigenvalue weighted by atomic mass is 14.9. The van der Waals surface area contributed by atoms with Gasteiger partial charge in [-0.25, -0.2) is 0 Å². The largest absolute Gasteiger partial charge is 0.399 e. The Morgan fingerprint density at radius 2 is 2.29 bits per heavy atom. The maximum Gasteiger partial charge on any atom is 0.0360 e. The predicted octanol–water partition coefficient (Wildman–Crippen LogP) is 2.73. The lowest BCUT2D eigenvalue weighted by Gasteiger charge is -2.12. The minimum Gasteiger partial charge on any atom is -0.399 e. The third kappa shape index (κ3) is 2.41. The van der Waals surface area contributed by atoms with Gasteiger partial charge in [0.25, 0.3) is 0 Å². The van der Waals surface area contributed by atoms with E-state index in [0.717, 1.165) is 29.8 Å². The zero-order valence-corrected chi connectivity index (χ0v) is 8.66. The van der Waals surface area contributed by atoms with E-state index in [9.17, 15) is 0 Å². The van der Waals surface area contributed by atoms with E-state index in [4.69, 9.17) is 5.73 Å². The molecule has 1 atom stereocenters. The number of rotatable bonds is 4. The summed E-state index contributed by atoms with van der Waals surface area (Å²) in [5, 5.41) is 3.43.